The van der Waals surface area contributed by atoms with Gasteiger partial charge in [-0.2, -0.15) is 0 Å². The molecule has 0 aliphatic heterocycles. The van der Waals surface area contributed by atoms with Gasteiger partial charge >= 0.3 is 0 Å². The molecule has 3 rings (SSSR count). The largest absolute Gasteiger partial charge is 0.493 e. The number of para-hydroxylation sites is 2. The highest BCUT2D eigenvalue weighted by Gasteiger charge is 2.27. The van der Waals surface area contributed by atoms with Crippen molar-refractivity contribution in [3.8, 4) is 11.5 Å². The summed E-state index contributed by atoms with van der Waals surface area (Å²) < 4.78 is 39.5. The van der Waals surface area contributed by atoms with E-state index in [1.807, 2.05) is 19.1 Å². The Morgan fingerprint density at radius 2 is 1.61 bits per heavy atom. The Kier molecular flexibility index (Phi) is 8.35. The molecule has 1 N–H and O–H groups in total. The highest BCUT2D eigenvalue weighted by atomic mass is 79.9. The Hall–Kier alpha value is -3.04. The molecule has 3 aromatic rings. The van der Waals surface area contributed by atoms with E-state index in [1.165, 1.54) is 12.1 Å². The third-order valence-corrected chi connectivity index (χ3v) is 7.08. The molecule has 0 atom stereocenters. The topological polar surface area (TPSA) is 84.9 Å². The Labute approximate surface area is 202 Å². The average Bonchev–Trinajstić information content (AvgIpc) is 2.81. The van der Waals surface area contributed by atoms with Gasteiger partial charge in [-0.1, -0.05) is 45.8 Å². The zero-order valence-electron chi connectivity index (χ0n) is 18.3. The van der Waals surface area contributed by atoms with E-state index in [2.05, 4.69) is 21.2 Å². The van der Waals surface area contributed by atoms with Crippen molar-refractivity contribution >= 4 is 37.5 Å². The number of halogens is 1. The molecule has 3 aromatic carbocycles. The molecule has 9 heteroatoms. The first-order chi connectivity index (χ1) is 15.8. The van der Waals surface area contributed by atoms with Crippen LogP contribution < -0.4 is 19.1 Å². The van der Waals surface area contributed by atoms with Crippen LogP contribution >= 0.6 is 15.9 Å². The van der Waals surface area contributed by atoms with E-state index >= 15 is 0 Å². The number of sulfonamides is 1. The number of anilines is 1. The van der Waals surface area contributed by atoms with Crippen LogP contribution in [-0.4, -0.2) is 41.1 Å². The van der Waals surface area contributed by atoms with Crippen molar-refractivity contribution in [2.75, 3.05) is 31.1 Å². The molecule has 7 nitrogen and oxygen atoms in total. The lowest BCUT2D eigenvalue weighted by Crippen LogP contribution is -2.41. The summed E-state index contributed by atoms with van der Waals surface area (Å²) in [4.78, 5) is 12.8. The molecule has 0 aromatic heterocycles. The summed E-state index contributed by atoms with van der Waals surface area (Å²) in [6.07, 6.45) is 0. The van der Waals surface area contributed by atoms with E-state index in [0.717, 1.165) is 14.3 Å². The number of rotatable bonds is 10. The zero-order valence-corrected chi connectivity index (χ0v) is 20.7. The Bertz CT molecular complexity index is 1180. The minimum atomic E-state index is -3.95. The Morgan fingerprint density at radius 3 is 2.24 bits per heavy atom. The molecule has 0 heterocycles. The Morgan fingerprint density at radius 1 is 0.970 bits per heavy atom. The first-order valence-corrected chi connectivity index (χ1v) is 12.4. The molecule has 0 aliphatic carbocycles. The second-order valence-corrected chi connectivity index (χ2v) is 9.93. The van der Waals surface area contributed by atoms with Crippen molar-refractivity contribution in [2.45, 2.75) is 11.8 Å². The first kappa shape index (κ1) is 24.6. The maximum absolute atomic E-state index is 13.3. The normalized spacial score (nSPS) is 11.0. The van der Waals surface area contributed by atoms with Gasteiger partial charge in [0.2, 0.25) is 5.91 Å². The third-order valence-electron chi connectivity index (χ3n) is 4.76. The molecule has 0 radical (unpaired) electrons. The fraction of sp³-hybridized carbons (Fsp3) is 0.208. The molecular weight excluding hydrogens is 508 g/mol. The summed E-state index contributed by atoms with van der Waals surface area (Å²) in [6.45, 7) is 1.92. The predicted octanol–water partition coefficient (Wildman–Crippen LogP) is 4.16. The molecule has 174 valence electrons. The number of aryl methyl sites for hydroxylation is 1. The van der Waals surface area contributed by atoms with Gasteiger partial charge in [0, 0.05) is 4.47 Å². The van der Waals surface area contributed by atoms with Gasteiger partial charge in [-0.25, -0.2) is 8.42 Å². The van der Waals surface area contributed by atoms with Gasteiger partial charge in [0.1, 0.15) is 13.2 Å². The molecule has 0 unspecified atom stereocenters. The minimum absolute atomic E-state index is 0.114. The van der Waals surface area contributed by atoms with Gasteiger partial charge in [-0.3, -0.25) is 9.10 Å². The molecule has 0 fully saturated rings. The van der Waals surface area contributed by atoms with Gasteiger partial charge in [-0.15, -0.1) is 0 Å². The van der Waals surface area contributed by atoms with Crippen LogP contribution in [0.1, 0.15) is 5.56 Å². The van der Waals surface area contributed by atoms with Crippen LogP contribution in [-0.2, 0) is 14.8 Å². The van der Waals surface area contributed by atoms with E-state index in [1.54, 1.807) is 55.6 Å². The lowest BCUT2D eigenvalue weighted by molar-refractivity contribution is -0.119. The van der Waals surface area contributed by atoms with Gasteiger partial charge in [-0.05, 0) is 55.5 Å². The van der Waals surface area contributed by atoms with Crippen LogP contribution in [0.3, 0.4) is 0 Å². The van der Waals surface area contributed by atoms with E-state index in [4.69, 9.17) is 9.47 Å². The number of amides is 1. The molecular formula is C24H25BrN2O5S. The molecule has 0 bridgehead atoms. The number of methoxy groups -OCH3 is 1. The van der Waals surface area contributed by atoms with Gasteiger partial charge < -0.3 is 14.8 Å². The number of carbonyl (C=O) groups excluding carboxylic acids is 1. The van der Waals surface area contributed by atoms with Crippen molar-refractivity contribution < 1.29 is 22.7 Å². The van der Waals surface area contributed by atoms with Crippen LogP contribution in [0.4, 0.5) is 5.69 Å². The monoisotopic (exact) mass is 532 g/mol. The highest BCUT2D eigenvalue weighted by molar-refractivity contribution is 9.10. The SMILES string of the molecule is COc1ccccc1OCCNC(=O)CN(c1ccc(Br)cc1)S(=O)(=O)c1ccc(C)cc1. The van der Waals surface area contributed by atoms with Crippen molar-refractivity contribution in [1.29, 1.82) is 0 Å². The van der Waals surface area contributed by atoms with Gasteiger partial charge in [0.05, 0.1) is 24.2 Å². The number of carbonyl (C=O) groups is 1. The standard InChI is InChI=1S/C24H25BrN2O5S/c1-18-7-13-21(14-8-18)33(29,30)27(20-11-9-19(25)10-12-20)17-24(28)26-15-16-32-23-6-4-3-5-22(23)31-2/h3-14H,15-17H2,1-2H3,(H,26,28). The lowest BCUT2D eigenvalue weighted by atomic mass is 10.2. The van der Waals surface area contributed by atoms with Crippen molar-refractivity contribution in [3.63, 3.8) is 0 Å². The van der Waals surface area contributed by atoms with E-state index in [9.17, 15) is 13.2 Å². The van der Waals surface area contributed by atoms with Crippen molar-refractivity contribution in [1.82, 2.24) is 5.32 Å². The molecule has 0 aliphatic rings. The summed E-state index contributed by atoms with van der Waals surface area (Å²) in [5.41, 5.74) is 1.33. The summed E-state index contributed by atoms with van der Waals surface area (Å²) in [5.74, 6) is 0.708. The predicted molar refractivity (Wildman–Crippen MR) is 131 cm³/mol. The highest BCUT2D eigenvalue weighted by Crippen LogP contribution is 2.26. The van der Waals surface area contributed by atoms with Crippen LogP contribution in [0.2, 0.25) is 0 Å². The second kappa shape index (κ2) is 11.2. The maximum Gasteiger partial charge on any atom is 0.264 e. The first-order valence-electron chi connectivity index (χ1n) is 10.2. The number of hydrogen-bond acceptors (Lipinski definition) is 5. The van der Waals surface area contributed by atoms with E-state index in [0.29, 0.717) is 17.2 Å². The number of benzene rings is 3. The van der Waals surface area contributed by atoms with Crippen molar-refractivity contribution in [3.05, 3.63) is 82.8 Å². The van der Waals surface area contributed by atoms with E-state index in [-0.39, 0.29) is 24.6 Å². The lowest BCUT2D eigenvalue weighted by Gasteiger charge is -2.24. The number of ether oxygens (including phenoxy) is 2. The smallest absolute Gasteiger partial charge is 0.264 e. The van der Waals surface area contributed by atoms with Crippen LogP contribution in [0.15, 0.2) is 82.2 Å². The zero-order chi connectivity index (χ0) is 23.8. The van der Waals surface area contributed by atoms with Gasteiger partial charge in [0.25, 0.3) is 10.0 Å². The summed E-state index contributed by atoms with van der Waals surface area (Å²) in [6, 6.07) is 20.5. The van der Waals surface area contributed by atoms with Crippen LogP contribution in [0.5, 0.6) is 11.5 Å². The summed E-state index contributed by atoms with van der Waals surface area (Å²) in [5, 5.41) is 2.71. The molecule has 0 saturated heterocycles. The molecule has 0 saturated carbocycles. The number of hydrogen-bond donors (Lipinski definition) is 1. The minimum Gasteiger partial charge on any atom is -0.493 e. The summed E-state index contributed by atoms with van der Waals surface area (Å²) >= 11 is 3.35. The molecule has 33 heavy (non-hydrogen) atoms. The van der Waals surface area contributed by atoms with Gasteiger partial charge in [0.15, 0.2) is 11.5 Å². The fourth-order valence-corrected chi connectivity index (χ4v) is 4.72. The maximum atomic E-state index is 13.3. The van der Waals surface area contributed by atoms with Crippen molar-refractivity contribution in [2.24, 2.45) is 0 Å². The quantitative estimate of drug-likeness (QED) is 0.396. The van der Waals surface area contributed by atoms with Crippen LogP contribution in [0.25, 0.3) is 0 Å². The fourth-order valence-electron chi connectivity index (χ4n) is 3.04. The second-order valence-electron chi connectivity index (χ2n) is 7.15. The van der Waals surface area contributed by atoms with E-state index < -0.39 is 15.9 Å². The van der Waals surface area contributed by atoms with Crippen LogP contribution in [0, 0.1) is 6.92 Å². The number of nitrogens with zero attached hydrogens (tertiary/aromatic N) is 1. The summed E-state index contributed by atoms with van der Waals surface area (Å²) in [7, 11) is -2.40. The average molecular weight is 533 g/mol. The Balaban J connectivity index is 1.70. The molecule has 1 amide bonds. The number of nitrogens with one attached hydrogen (secondary N) is 1. The third kappa shape index (κ3) is 6.49. The molecule has 0 spiro atoms.